The van der Waals surface area contributed by atoms with Gasteiger partial charge in [-0.25, -0.2) is 0 Å². The second kappa shape index (κ2) is 5.88. The van der Waals surface area contributed by atoms with Crippen molar-refractivity contribution in [3.05, 3.63) is 64.2 Å². The molecule has 0 aliphatic rings. The zero-order valence-electron chi connectivity index (χ0n) is 12.5. The predicted octanol–water partition coefficient (Wildman–Crippen LogP) is 5.24. The topological polar surface area (TPSA) is 9.23 Å². The third-order valence-corrected chi connectivity index (χ3v) is 3.72. The molecule has 0 bridgehead atoms. The summed E-state index contributed by atoms with van der Waals surface area (Å²) in [7, 11) is 1.66. The highest BCUT2D eigenvalue weighted by Gasteiger charge is 2.20. The number of benzene rings is 2. The minimum Gasteiger partial charge on any atom is -0.495 e. The maximum absolute atomic E-state index is 6.29. The predicted molar refractivity (Wildman–Crippen MR) is 86.0 cm³/mol. The third-order valence-electron chi connectivity index (χ3n) is 3.42. The van der Waals surface area contributed by atoms with Crippen molar-refractivity contribution in [2.45, 2.75) is 32.6 Å². The monoisotopic (exact) mass is 288 g/mol. The molecule has 0 atom stereocenters. The van der Waals surface area contributed by atoms with E-state index in [1.807, 2.05) is 12.1 Å². The maximum Gasteiger partial charge on any atom is 0.137 e. The molecule has 0 radical (unpaired) electrons. The Bertz CT molecular complexity index is 582. The van der Waals surface area contributed by atoms with Crippen molar-refractivity contribution >= 4 is 11.6 Å². The van der Waals surface area contributed by atoms with E-state index in [0.717, 1.165) is 12.2 Å². The summed E-state index contributed by atoms with van der Waals surface area (Å²) in [4.78, 5) is 0. The van der Waals surface area contributed by atoms with E-state index < -0.39 is 0 Å². The Kier molecular flexibility index (Phi) is 4.39. The van der Waals surface area contributed by atoms with Crippen LogP contribution in [0.3, 0.4) is 0 Å². The van der Waals surface area contributed by atoms with Crippen LogP contribution < -0.4 is 4.74 Å². The van der Waals surface area contributed by atoms with Crippen molar-refractivity contribution in [2.24, 2.45) is 0 Å². The minimum atomic E-state index is 0.0575. The maximum atomic E-state index is 6.29. The first-order valence-electron chi connectivity index (χ1n) is 6.82. The van der Waals surface area contributed by atoms with E-state index in [4.69, 9.17) is 16.3 Å². The van der Waals surface area contributed by atoms with Gasteiger partial charge in [-0.3, -0.25) is 0 Å². The van der Waals surface area contributed by atoms with E-state index in [9.17, 15) is 0 Å². The van der Waals surface area contributed by atoms with Crippen molar-refractivity contribution in [3.8, 4) is 5.75 Å². The molecule has 0 unspecified atom stereocenters. The van der Waals surface area contributed by atoms with Crippen molar-refractivity contribution in [1.29, 1.82) is 0 Å². The lowest BCUT2D eigenvalue weighted by Gasteiger charge is -2.24. The van der Waals surface area contributed by atoms with Crippen LogP contribution in [0.2, 0.25) is 5.02 Å². The van der Waals surface area contributed by atoms with E-state index in [1.54, 1.807) is 7.11 Å². The van der Waals surface area contributed by atoms with Gasteiger partial charge in [0, 0.05) is 0 Å². The molecule has 2 aromatic carbocycles. The van der Waals surface area contributed by atoms with Crippen molar-refractivity contribution in [2.75, 3.05) is 7.11 Å². The van der Waals surface area contributed by atoms with Gasteiger partial charge in [0.1, 0.15) is 5.75 Å². The number of hydrogen-bond acceptors (Lipinski definition) is 1. The van der Waals surface area contributed by atoms with Crippen molar-refractivity contribution in [3.63, 3.8) is 0 Å². The van der Waals surface area contributed by atoms with Gasteiger partial charge in [-0.2, -0.15) is 0 Å². The highest BCUT2D eigenvalue weighted by molar-refractivity contribution is 6.32. The zero-order chi connectivity index (χ0) is 14.8. The van der Waals surface area contributed by atoms with Crippen LogP contribution >= 0.6 is 11.6 Å². The van der Waals surface area contributed by atoms with E-state index >= 15 is 0 Å². The summed E-state index contributed by atoms with van der Waals surface area (Å²) in [5.74, 6) is 0.744. The SMILES string of the molecule is COc1cc(C(C)(C)C)c(Cc2ccccc2)cc1Cl. The Balaban J connectivity index is 2.48. The van der Waals surface area contributed by atoms with Crippen LogP contribution in [0, 0.1) is 0 Å². The molecular weight excluding hydrogens is 268 g/mol. The molecule has 0 saturated heterocycles. The molecule has 2 rings (SSSR count). The lowest BCUT2D eigenvalue weighted by Crippen LogP contribution is -2.15. The first-order valence-corrected chi connectivity index (χ1v) is 7.20. The molecular formula is C18H21ClO. The zero-order valence-corrected chi connectivity index (χ0v) is 13.3. The second-order valence-corrected chi connectivity index (χ2v) is 6.46. The Morgan fingerprint density at radius 2 is 1.70 bits per heavy atom. The Labute approximate surface area is 126 Å². The molecule has 0 spiro atoms. The van der Waals surface area contributed by atoms with Crippen molar-refractivity contribution in [1.82, 2.24) is 0 Å². The smallest absolute Gasteiger partial charge is 0.137 e. The van der Waals surface area contributed by atoms with Crippen LogP contribution in [0.25, 0.3) is 0 Å². The molecule has 0 fully saturated rings. The summed E-state index contributed by atoms with van der Waals surface area (Å²) >= 11 is 6.29. The molecule has 0 aromatic heterocycles. The standard InChI is InChI=1S/C18H21ClO/c1-18(2,3)15-12-17(20-4)16(19)11-14(15)10-13-8-6-5-7-9-13/h5-9,11-12H,10H2,1-4H3. The van der Waals surface area contributed by atoms with Crippen LogP contribution in [0.4, 0.5) is 0 Å². The van der Waals surface area contributed by atoms with Crippen LogP contribution in [-0.2, 0) is 11.8 Å². The van der Waals surface area contributed by atoms with Gasteiger partial charge in [-0.05, 0) is 40.7 Å². The summed E-state index contributed by atoms with van der Waals surface area (Å²) in [6, 6.07) is 14.6. The summed E-state index contributed by atoms with van der Waals surface area (Å²) in [6.07, 6.45) is 0.886. The highest BCUT2D eigenvalue weighted by atomic mass is 35.5. The van der Waals surface area contributed by atoms with Gasteiger partial charge < -0.3 is 4.74 Å². The first kappa shape index (κ1) is 14.9. The molecule has 0 heterocycles. The normalized spacial score (nSPS) is 11.4. The molecule has 1 nitrogen and oxygen atoms in total. The van der Waals surface area contributed by atoms with Crippen molar-refractivity contribution < 1.29 is 4.74 Å². The molecule has 0 aliphatic heterocycles. The summed E-state index contributed by atoms with van der Waals surface area (Å²) in [5, 5.41) is 0.673. The van der Waals surface area contributed by atoms with Gasteiger partial charge in [0.25, 0.3) is 0 Å². The van der Waals surface area contributed by atoms with Crippen LogP contribution in [0.5, 0.6) is 5.75 Å². The Hall–Kier alpha value is -1.47. The summed E-state index contributed by atoms with van der Waals surface area (Å²) < 4.78 is 5.35. The Morgan fingerprint density at radius 1 is 1.05 bits per heavy atom. The van der Waals surface area contributed by atoms with E-state index in [1.165, 1.54) is 16.7 Å². The average molecular weight is 289 g/mol. The fourth-order valence-electron chi connectivity index (χ4n) is 2.41. The van der Waals surface area contributed by atoms with E-state index in [0.29, 0.717) is 5.02 Å². The largest absolute Gasteiger partial charge is 0.495 e. The summed E-state index contributed by atoms with van der Waals surface area (Å²) in [6.45, 7) is 6.64. The van der Waals surface area contributed by atoms with Gasteiger partial charge in [-0.1, -0.05) is 62.7 Å². The van der Waals surface area contributed by atoms with Gasteiger partial charge >= 0.3 is 0 Å². The highest BCUT2D eigenvalue weighted by Crippen LogP contribution is 2.35. The van der Waals surface area contributed by atoms with Gasteiger partial charge in [0.15, 0.2) is 0 Å². The van der Waals surface area contributed by atoms with Gasteiger partial charge in [0.05, 0.1) is 12.1 Å². The molecule has 2 aromatic rings. The average Bonchev–Trinajstić information content (AvgIpc) is 2.38. The molecule has 0 saturated carbocycles. The first-order chi connectivity index (χ1) is 9.41. The number of rotatable bonds is 3. The quantitative estimate of drug-likeness (QED) is 0.751. The third kappa shape index (κ3) is 3.34. The lowest BCUT2D eigenvalue weighted by atomic mass is 9.82. The molecule has 106 valence electrons. The minimum absolute atomic E-state index is 0.0575. The lowest BCUT2D eigenvalue weighted by molar-refractivity contribution is 0.412. The fraction of sp³-hybridized carbons (Fsp3) is 0.333. The number of ether oxygens (including phenoxy) is 1. The van der Waals surface area contributed by atoms with Gasteiger partial charge in [0.2, 0.25) is 0 Å². The molecule has 0 aliphatic carbocycles. The van der Waals surface area contributed by atoms with Gasteiger partial charge in [-0.15, -0.1) is 0 Å². The van der Waals surface area contributed by atoms with Crippen LogP contribution in [0.15, 0.2) is 42.5 Å². The van der Waals surface area contributed by atoms with E-state index in [-0.39, 0.29) is 5.41 Å². The molecule has 20 heavy (non-hydrogen) atoms. The second-order valence-electron chi connectivity index (χ2n) is 6.06. The van der Waals surface area contributed by atoms with E-state index in [2.05, 4.69) is 51.1 Å². The number of halogens is 1. The Morgan fingerprint density at radius 3 is 2.25 bits per heavy atom. The van der Waals surface area contributed by atoms with Crippen LogP contribution in [0.1, 0.15) is 37.5 Å². The molecule has 0 amide bonds. The molecule has 0 N–H and O–H groups in total. The van der Waals surface area contributed by atoms with Crippen LogP contribution in [-0.4, -0.2) is 7.11 Å². The number of hydrogen-bond donors (Lipinski definition) is 0. The summed E-state index contributed by atoms with van der Waals surface area (Å²) in [5.41, 5.74) is 3.89. The fourth-order valence-corrected chi connectivity index (χ4v) is 2.67. The molecule has 2 heteroatoms. The number of methoxy groups -OCH3 is 1.